The normalized spacial score (nSPS) is 15.7. The van der Waals surface area contributed by atoms with Gasteiger partial charge in [0.25, 0.3) is 11.6 Å². The second kappa shape index (κ2) is 7.96. The Morgan fingerprint density at radius 3 is 2.43 bits per heavy atom. The summed E-state index contributed by atoms with van der Waals surface area (Å²) in [6.07, 6.45) is 0. The molecule has 0 spiro atoms. The SMILES string of the molecule is O=C1CN(C(=O)c2ccc([N+](=O)[O-])cc2)[C@@H](c2ccccc2)c2cc(Cl)ccc2N1. The van der Waals surface area contributed by atoms with Crippen molar-refractivity contribution in [3.05, 3.63) is 105 Å². The van der Waals surface area contributed by atoms with Gasteiger partial charge in [0.15, 0.2) is 0 Å². The van der Waals surface area contributed by atoms with Crippen molar-refractivity contribution in [1.29, 1.82) is 0 Å². The van der Waals surface area contributed by atoms with Gasteiger partial charge in [0.2, 0.25) is 5.91 Å². The van der Waals surface area contributed by atoms with Crippen LogP contribution in [0.5, 0.6) is 0 Å². The van der Waals surface area contributed by atoms with Crippen molar-refractivity contribution >= 4 is 34.8 Å². The monoisotopic (exact) mass is 421 g/mol. The van der Waals surface area contributed by atoms with Crippen molar-refractivity contribution in [2.75, 3.05) is 11.9 Å². The lowest BCUT2D eigenvalue weighted by Crippen LogP contribution is -2.39. The number of halogens is 1. The van der Waals surface area contributed by atoms with E-state index in [2.05, 4.69) is 5.32 Å². The molecule has 3 aromatic rings. The highest BCUT2D eigenvalue weighted by molar-refractivity contribution is 6.30. The van der Waals surface area contributed by atoms with Crippen LogP contribution in [-0.4, -0.2) is 28.2 Å². The Morgan fingerprint density at radius 1 is 1.07 bits per heavy atom. The zero-order valence-electron chi connectivity index (χ0n) is 15.6. The molecule has 0 aliphatic carbocycles. The molecule has 0 radical (unpaired) electrons. The van der Waals surface area contributed by atoms with E-state index in [0.717, 1.165) is 5.56 Å². The Kier molecular flexibility index (Phi) is 5.20. The van der Waals surface area contributed by atoms with Gasteiger partial charge in [0.05, 0.1) is 11.0 Å². The topological polar surface area (TPSA) is 92.5 Å². The summed E-state index contributed by atoms with van der Waals surface area (Å²) in [5.41, 5.74) is 2.22. The number of rotatable bonds is 3. The van der Waals surface area contributed by atoms with E-state index in [1.165, 1.54) is 29.2 Å². The number of amides is 2. The summed E-state index contributed by atoms with van der Waals surface area (Å²) in [5, 5.41) is 14.2. The molecule has 0 aromatic heterocycles. The number of hydrogen-bond acceptors (Lipinski definition) is 4. The van der Waals surface area contributed by atoms with Crippen LogP contribution in [0.15, 0.2) is 72.8 Å². The van der Waals surface area contributed by atoms with Crippen LogP contribution in [-0.2, 0) is 4.79 Å². The zero-order valence-corrected chi connectivity index (χ0v) is 16.4. The molecule has 1 aliphatic rings. The number of non-ortho nitro benzene ring substituents is 1. The van der Waals surface area contributed by atoms with Crippen LogP contribution < -0.4 is 5.32 Å². The highest BCUT2D eigenvalue weighted by atomic mass is 35.5. The lowest BCUT2D eigenvalue weighted by molar-refractivity contribution is -0.384. The molecule has 150 valence electrons. The van der Waals surface area contributed by atoms with Gasteiger partial charge in [-0.05, 0) is 35.9 Å². The standard InChI is InChI=1S/C22H16ClN3O4/c23-16-8-11-19-18(12-16)21(14-4-2-1-3-5-14)25(13-20(27)24-19)22(28)15-6-9-17(10-7-15)26(29)30/h1-12,21H,13H2,(H,24,27)/t21-/m0/s1. The molecule has 2 amide bonds. The van der Waals surface area contributed by atoms with Crippen molar-refractivity contribution in [2.24, 2.45) is 0 Å². The summed E-state index contributed by atoms with van der Waals surface area (Å²) in [6.45, 7) is -0.179. The number of nitrogens with zero attached hydrogens (tertiary/aromatic N) is 2. The molecule has 1 aliphatic heterocycles. The van der Waals surface area contributed by atoms with E-state index >= 15 is 0 Å². The number of anilines is 1. The van der Waals surface area contributed by atoms with Crippen LogP contribution in [0.2, 0.25) is 5.02 Å². The first-order valence-corrected chi connectivity index (χ1v) is 9.51. The van der Waals surface area contributed by atoms with Crippen LogP contribution in [0.1, 0.15) is 27.5 Å². The Balaban J connectivity index is 1.84. The van der Waals surface area contributed by atoms with Gasteiger partial charge < -0.3 is 10.2 Å². The van der Waals surface area contributed by atoms with Crippen LogP contribution in [0.25, 0.3) is 0 Å². The molecule has 0 saturated heterocycles. The van der Waals surface area contributed by atoms with Crippen molar-refractivity contribution in [3.63, 3.8) is 0 Å². The zero-order chi connectivity index (χ0) is 21.3. The third kappa shape index (κ3) is 3.75. The maximum absolute atomic E-state index is 13.4. The number of hydrogen-bond donors (Lipinski definition) is 1. The summed E-state index contributed by atoms with van der Waals surface area (Å²) >= 11 is 6.23. The maximum atomic E-state index is 13.4. The first-order valence-electron chi connectivity index (χ1n) is 9.14. The third-order valence-electron chi connectivity index (χ3n) is 4.91. The molecule has 1 heterocycles. The van der Waals surface area contributed by atoms with Crippen molar-refractivity contribution in [1.82, 2.24) is 4.90 Å². The molecule has 0 fully saturated rings. The molecule has 8 heteroatoms. The Labute approximate surface area is 177 Å². The molecule has 0 bridgehead atoms. The van der Waals surface area contributed by atoms with E-state index in [-0.39, 0.29) is 23.7 Å². The molecule has 1 atom stereocenters. The number of benzene rings is 3. The molecule has 4 rings (SSSR count). The van der Waals surface area contributed by atoms with Crippen molar-refractivity contribution < 1.29 is 14.5 Å². The quantitative estimate of drug-likeness (QED) is 0.500. The number of nitro groups is 1. The van der Waals surface area contributed by atoms with E-state index < -0.39 is 16.9 Å². The molecule has 30 heavy (non-hydrogen) atoms. The first-order chi connectivity index (χ1) is 14.4. The van der Waals surface area contributed by atoms with E-state index in [0.29, 0.717) is 16.3 Å². The number of nitrogens with one attached hydrogen (secondary N) is 1. The molecule has 3 aromatic carbocycles. The second-order valence-corrected chi connectivity index (χ2v) is 7.27. The van der Waals surface area contributed by atoms with Crippen LogP contribution in [0.3, 0.4) is 0 Å². The number of nitro benzene ring substituents is 1. The van der Waals surface area contributed by atoms with Gasteiger partial charge in [0, 0.05) is 34.0 Å². The number of fused-ring (bicyclic) bond motifs is 1. The minimum atomic E-state index is -0.568. The first kappa shape index (κ1) is 19.6. The van der Waals surface area contributed by atoms with Crippen LogP contribution in [0, 0.1) is 10.1 Å². The highest BCUT2D eigenvalue weighted by Gasteiger charge is 2.34. The van der Waals surface area contributed by atoms with Gasteiger partial charge in [-0.2, -0.15) is 0 Å². The molecule has 1 N–H and O–H groups in total. The Bertz CT molecular complexity index is 1130. The lowest BCUT2D eigenvalue weighted by Gasteiger charge is -2.30. The van der Waals surface area contributed by atoms with Gasteiger partial charge in [-0.1, -0.05) is 41.9 Å². The number of carbonyl (C=O) groups excluding carboxylic acids is 2. The van der Waals surface area contributed by atoms with Crippen molar-refractivity contribution in [3.8, 4) is 0 Å². The fraction of sp³-hybridized carbons (Fsp3) is 0.0909. The fourth-order valence-corrected chi connectivity index (χ4v) is 3.73. The summed E-state index contributed by atoms with van der Waals surface area (Å²) < 4.78 is 0. The lowest BCUT2D eigenvalue weighted by atomic mass is 9.95. The summed E-state index contributed by atoms with van der Waals surface area (Å²) in [5.74, 6) is -0.756. The molecule has 0 saturated carbocycles. The van der Waals surface area contributed by atoms with Crippen LogP contribution >= 0.6 is 11.6 Å². The Morgan fingerprint density at radius 2 is 1.77 bits per heavy atom. The minimum Gasteiger partial charge on any atom is -0.324 e. The molecular weight excluding hydrogens is 406 g/mol. The second-order valence-electron chi connectivity index (χ2n) is 6.83. The molecule has 7 nitrogen and oxygen atoms in total. The van der Waals surface area contributed by atoms with Crippen LogP contribution in [0.4, 0.5) is 11.4 Å². The number of carbonyl (C=O) groups is 2. The van der Waals surface area contributed by atoms with Gasteiger partial charge in [-0.25, -0.2) is 0 Å². The smallest absolute Gasteiger partial charge is 0.269 e. The Hall–Kier alpha value is -3.71. The van der Waals surface area contributed by atoms with Gasteiger partial charge >= 0.3 is 0 Å². The average Bonchev–Trinajstić information content (AvgIpc) is 2.89. The van der Waals surface area contributed by atoms with Crippen molar-refractivity contribution in [2.45, 2.75) is 6.04 Å². The fourth-order valence-electron chi connectivity index (χ4n) is 3.55. The largest absolute Gasteiger partial charge is 0.324 e. The van der Waals surface area contributed by atoms with E-state index in [1.807, 2.05) is 30.3 Å². The predicted octanol–water partition coefficient (Wildman–Crippen LogP) is 4.43. The van der Waals surface area contributed by atoms with Gasteiger partial charge in [-0.15, -0.1) is 0 Å². The molecule has 0 unspecified atom stereocenters. The molecular formula is C22H16ClN3O4. The summed E-state index contributed by atoms with van der Waals surface area (Å²) in [4.78, 5) is 37.8. The minimum absolute atomic E-state index is 0.114. The van der Waals surface area contributed by atoms with E-state index in [4.69, 9.17) is 11.6 Å². The van der Waals surface area contributed by atoms with Gasteiger partial charge in [0.1, 0.15) is 6.54 Å². The van der Waals surface area contributed by atoms with E-state index in [1.54, 1.807) is 18.2 Å². The average molecular weight is 422 g/mol. The summed E-state index contributed by atoms with van der Waals surface area (Å²) in [7, 11) is 0. The maximum Gasteiger partial charge on any atom is 0.269 e. The van der Waals surface area contributed by atoms with Gasteiger partial charge in [-0.3, -0.25) is 19.7 Å². The third-order valence-corrected chi connectivity index (χ3v) is 5.14. The highest BCUT2D eigenvalue weighted by Crippen LogP contribution is 2.38. The van der Waals surface area contributed by atoms with E-state index in [9.17, 15) is 19.7 Å². The summed E-state index contributed by atoms with van der Waals surface area (Å²) in [6, 6.07) is 19.2. The predicted molar refractivity (Wildman–Crippen MR) is 112 cm³/mol.